The Morgan fingerprint density at radius 1 is 1.38 bits per heavy atom. The molecule has 128 valence electrons. The van der Waals surface area contributed by atoms with Crippen LogP contribution in [0.5, 0.6) is 0 Å². The first kappa shape index (κ1) is 16.5. The maximum absolute atomic E-state index is 12.7. The first-order valence-corrected chi connectivity index (χ1v) is 8.34. The van der Waals surface area contributed by atoms with Gasteiger partial charge in [0, 0.05) is 48.1 Å². The molecule has 1 aliphatic rings. The molecular weight excluding hydrogens is 306 g/mol. The number of nitrogens with zero attached hydrogens (tertiary/aromatic N) is 2. The Labute approximate surface area is 140 Å². The second kappa shape index (κ2) is 6.63. The number of pyridine rings is 1. The summed E-state index contributed by atoms with van der Waals surface area (Å²) in [6, 6.07) is 3.24. The third kappa shape index (κ3) is 3.42. The molecule has 0 saturated carbocycles. The van der Waals surface area contributed by atoms with E-state index in [1.165, 1.54) is 0 Å². The van der Waals surface area contributed by atoms with Crippen molar-refractivity contribution >= 4 is 5.91 Å². The standard InChI is InChI=1S/C18H23N3O3/c1-11-7-15(22)8-17(19-11)14-5-4-6-21(10-14)18(23)9-16-12(2)20-24-13(16)3/h7-8,14H,4-6,9-10H2,1-3H3,(H,19,22). The van der Waals surface area contributed by atoms with Crippen molar-refractivity contribution in [2.75, 3.05) is 13.1 Å². The Bertz CT molecular complexity index is 787. The summed E-state index contributed by atoms with van der Waals surface area (Å²) in [6.45, 7) is 6.97. The van der Waals surface area contributed by atoms with Crippen molar-refractivity contribution in [3.05, 3.63) is 50.8 Å². The molecule has 6 heteroatoms. The summed E-state index contributed by atoms with van der Waals surface area (Å²) < 4.78 is 5.14. The molecule has 0 bridgehead atoms. The lowest BCUT2D eigenvalue weighted by Gasteiger charge is -2.33. The summed E-state index contributed by atoms with van der Waals surface area (Å²) in [7, 11) is 0. The van der Waals surface area contributed by atoms with Gasteiger partial charge in [0.1, 0.15) is 5.76 Å². The third-order valence-corrected chi connectivity index (χ3v) is 4.72. The van der Waals surface area contributed by atoms with Gasteiger partial charge in [-0.1, -0.05) is 5.16 Å². The van der Waals surface area contributed by atoms with E-state index in [1.54, 1.807) is 12.1 Å². The molecule has 0 aliphatic carbocycles. The van der Waals surface area contributed by atoms with E-state index in [1.807, 2.05) is 25.7 Å². The van der Waals surface area contributed by atoms with E-state index in [2.05, 4.69) is 10.1 Å². The molecule has 1 aliphatic heterocycles. The quantitative estimate of drug-likeness (QED) is 0.936. The minimum absolute atomic E-state index is 0.0143. The Morgan fingerprint density at radius 2 is 2.17 bits per heavy atom. The SMILES string of the molecule is Cc1cc(=O)cc(C2CCCN(C(=O)Cc3c(C)noc3C)C2)[nH]1. The summed E-state index contributed by atoms with van der Waals surface area (Å²) in [6.07, 6.45) is 2.24. The van der Waals surface area contributed by atoms with Gasteiger partial charge in [-0.25, -0.2) is 0 Å². The number of amides is 1. The summed E-state index contributed by atoms with van der Waals surface area (Å²) in [5, 5.41) is 3.91. The monoisotopic (exact) mass is 329 g/mol. The van der Waals surface area contributed by atoms with Crippen LogP contribution in [-0.2, 0) is 11.2 Å². The topological polar surface area (TPSA) is 79.2 Å². The van der Waals surface area contributed by atoms with Crippen LogP contribution in [0.4, 0.5) is 0 Å². The average molecular weight is 329 g/mol. The largest absolute Gasteiger partial charge is 0.362 e. The highest BCUT2D eigenvalue weighted by Gasteiger charge is 2.26. The van der Waals surface area contributed by atoms with Crippen molar-refractivity contribution in [3.8, 4) is 0 Å². The predicted molar refractivity (Wildman–Crippen MR) is 90.0 cm³/mol. The van der Waals surface area contributed by atoms with E-state index in [4.69, 9.17) is 4.52 Å². The van der Waals surface area contributed by atoms with Crippen LogP contribution in [0.1, 0.15) is 47.2 Å². The van der Waals surface area contributed by atoms with E-state index in [-0.39, 0.29) is 17.3 Å². The van der Waals surface area contributed by atoms with Crippen molar-refractivity contribution in [1.29, 1.82) is 0 Å². The van der Waals surface area contributed by atoms with Gasteiger partial charge in [0.2, 0.25) is 5.91 Å². The van der Waals surface area contributed by atoms with Crippen molar-refractivity contribution in [3.63, 3.8) is 0 Å². The molecule has 0 aromatic carbocycles. The number of H-pyrrole nitrogens is 1. The van der Waals surface area contributed by atoms with Crippen molar-refractivity contribution in [1.82, 2.24) is 15.0 Å². The Hall–Kier alpha value is -2.37. The number of aryl methyl sites for hydroxylation is 3. The van der Waals surface area contributed by atoms with Crippen molar-refractivity contribution in [2.24, 2.45) is 0 Å². The lowest BCUT2D eigenvalue weighted by Crippen LogP contribution is -2.40. The maximum atomic E-state index is 12.7. The van der Waals surface area contributed by atoms with Crippen LogP contribution in [-0.4, -0.2) is 34.0 Å². The molecule has 1 amide bonds. The van der Waals surface area contributed by atoms with Crippen LogP contribution in [0, 0.1) is 20.8 Å². The van der Waals surface area contributed by atoms with Gasteiger partial charge in [-0.2, -0.15) is 0 Å². The number of nitrogens with one attached hydrogen (secondary N) is 1. The minimum atomic E-state index is 0.0143. The summed E-state index contributed by atoms with van der Waals surface area (Å²) in [4.78, 5) is 29.6. The molecule has 3 heterocycles. The van der Waals surface area contributed by atoms with Crippen molar-refractivity contribution in [2.45, 2.75) is 46.0 Å². The number of carbonyl (C=O) groups excluding carboxylic acids is 1. The average Bonchev–Trinajstić information content (AvgIpc) is 2.86. The fourth-order valence-electron chi connectivity index (χ4n) is 3.40. The molecule has 2 aromatic rings. The van der Waals surface area contributed by atoms with E-state index in [0.717, 1.165) is 42.0 Å². The first-order chi connectivity index (χ1) is 11.4. The minimum Gasteiger partial charge on any atom is -0.362 e. The fraction of sp³-hybridized carbons (Fsp3) is 0.500. The van der Waals surface area contributed by atoms with E-state index in [0.29, 0.717) is 18.7 Å². The number of aromatic amines is 1. The molecule has 1 saturated heterocycles. The number of likely N-dealkylation sites (tertiary alicyclic amines) is 1. The highest BCUT2D eigenvalue weighted by atomic mass is 16.5. The molecule has 1 fully saturated rings. The Kier molecular flexibility index (Phi) is 4.55. The van der Waals surface area contributed by atoms with Gasteiger partial charge in [0.25, 0.3) is 0 Å². The summed E-state index contributed by atoms with van der Waals surface area (Å²) in [5.41, 5.74) is 3.45. The van der Waals surface area contributed by atoms with Crippen LogP contribution in [0.3, 0.4) is 0 Å². The number of carbonyl (C=O) groups is 1. The lowest BCUT2D eigenvalue weighted by molar-refractivity contribution is -0.131. The molecule has 1 atom stereocenters. The zero-order chi connectivity index (χ0) is 17.3. The van der Waals surface area contributed by atoms with Gasteiger partial charge in [-0.15, -0.1) is 0 Å². The molecular formula is C18H23N3O3. The zero-order valence-electron chi connectivity index (χ0n) is 14.4. The Balaban J connectivity index is 1.73. The molecule has 24 heavy (non-hydrogen) atoms. The lowest BCUT2D eigenvalue weighted by atomic mass is 9.93. The zero-order valence-corrected chi connectivity index (χ0v) is 14.4. The van der Waals surface area contributed by atoms with Gasteiger partial charge in [0.05, 0.1) is 12.1 Å². The normalized spacial score (nSPS) is 18.0. The van der Waals surface area contributed by atoms with E-state index >= 15 is 0 Å². The first-order valence-electron chi connectivity index (χ1n) is 8.34. The highest BCUT2D eigenvalue weighted by Crippen LogP contribution is 2.26. The smallest absolute Gasteiger partial charge is 0.227 e. The van der Waals surface area contributed by atoms with Crippen LogP contribution >= 0.6 is 0 Å². The molecule has 3 rings (SSSR count). The number of rotatable bonds is 3. The van der Waals surface area contributed by atoms with Gasteiger partial charge in [-0.05, 0) is 33.6 Å². The van der Waals surface area contributed by atoms with Crippen molar-refractivity contribution < 1.29 is 9.32 Å². The maximum Gasteiger partial charge on any atom is 0.227 e. The second-order valence-electron chi connectivity index (χ2n) is 6.61. The van der Waals surface area contributed by atoms with Crippen LogP contribution in [0.25, 0.3) is 0 Å². The van der Waals surface area contributed by atoms with Crippen LogP contribution in [0.2, 0.25) is 0 Å². The third-order valence-electron chi connectivity index (χ3n) is 4.72. The number of aromatic nitrogens is 2. The second-order valence-corrected chi connectivity index (χ2v) is 6.61. The Morgan fingerprint density at radius 3 is 2.83 bits per heavy atom. The number of hydrogen-bond donors (Lipinski definition) is 1. The molecule has 1 unspecified atom stereocenters. The summed E-state index contributed by atoms with van der Waals surface area (Å²) >= 11 is 0. The number of piperidine rings is 1. The van der Waals surface area contributed by atoms with E-state index < -0.39 is 0 Å². The predicted octanol–water partition coefficient (Wildman–Crippen LogP) is 2.24. The number of hydrogen-bond acceptors (Lipinski definition) is 4. The van der Waals surface area contributed by atoms with Crippen LogP contribution < -0.4 is 5.43 Å². The highest BCUT2D eigenvalue weighted by molar-refractivity contribution is 5.79. The molecule has 2 aromatic heterocycles. The molecule has 0 spiro atoms. The molecule has 0 radical (unpaired) electrons. The van der Waals surface area contributed by atoms with Gasteiger partial charge in [0.15, 0.2) is 5.43 Å². The van der Waals surface area contributed by atoms with Gasteiger partial charge in [-0.3, -0.25) is 9.59 Å². The molecule has 6 nitrogen and oxygen atoms in total. The fourth-order valence-corrected chi connectivity index (χ4v) is 3.40. The molecule has 1 N–H and O–H groups in total. The van der Waals surface area contributed by atoms with Crippen LogP contribution in [0.15, 0.2) is 21.5 Å². The van der Waals surface area contributed by atoms with Gasteiger partial charge >= 0.3 is 0 Å². The summed E-state index contributed by atoms with van der Waals surface area (Å²) in [5.74, 6) is 0.974. The van der Waals surface area contributed by atoms with E-state index in [9.17, 15) is 9.59 Å². The van der Waals surface area contributed by atoms with Gasteiger partial charge < -0.3 is 14.4 Å².